The van der Waals surface area contributed by atoms with Crippen LogP contribution in [0.1, 0.15) is 23.1 Å². The largest absolute Gasteiger partial charge is 0.295 e. The lowest BCUT2D eigenvalue weighted by Gasteiger charge is -2.25. The zero-order valence-electron chi connectivity index (χ0n) is 13.5. The van der Waals surface area contributed by atoms with E-state index >= 15 is 0 Å². The number of nitrogens with zero attached hydrogens (tertiary/aromatic N) is 2. The second kappa shape index (κ2) is 7.72. The average Bonchev–Trinajstić information content (AvgIpc) is 2.63. The van der Waals surface area contributed by atoms with Crippen LogP contribution in [0.25, 0.3) is 6.08 Å². The van der Waals surface area contributed by atoms with Gasteiger partial charge in [0.1, 0.15) is 5.82 Å². The van der Waals surface area contributed by atoms with Crippen molar-refractivity contribution >= 4 is 6.08 Å². The third-order valence-electron chi connectivity index (χ3n) is 4.18. The van der Waals surface area contributed by atoms with Crippen molar-refractivity contribution in [2.45, 2.75) is 13.0 Å². The van der Waals surface area contributed by atoms with Crippen LogP contribution < -0.4 is 0 Å². The molecule has 2 nitrogen and oxygen atoms in total. The number of allylic oxidation sites excluding steroid dienone is 1. The van der Waals surface area contributed by atoms with Gasteiger partial charge in [-0.3, -0.25) is 4.90 Å². The molecule has 0 bridgehead atoms. The Balaban J connectivity index is 1.55. The van der Waals surface area contributed by atoms with Gasteiger partial charge in [-0.1, -0.05) is 42.5 Å². The maximum absolute atomic E-state index is 12.9. The molecule has 0 atom stereocenters. The van der Waals surface area contributed by atoms with Crippen LogP contribution in [0.4, 0.5) is 4.39 Å². The fourth-order valence-electron chi connectivity index (χ4n) is 2.74. The van der Waals surface area contributed by atoms with Gasteiger partial charge in [0, 0.05) is 19.6 Å². The van der Waals surface area contributed by atoms with Gasteiger partial charge in [-0.2, -0.15) is 5.26 Å². The van der Waals surface area contributed by atoms with Gasteiger partial charge >= 0.3 is 0 Å². The van der Waals surface area contributed by atoms with Crippen LogP contribution in [0.2, 0.25) is 0 Å². The molecule has 2 aromatic rings. The molecule has 0 N–H and O–H groups in total. The first-order valence-corrected chi connectivity index (χ1v) is 8.07. The van der Waals surface area contributed by atoms with E-state index < -0.39 is 0 Å². The molecule has 120 valence electrons. The Morgan fingerprint density at radius 3 is 2.42 bits per heavy atom. The molecule has 0 aliphatic carbocycles. The molecular weight excluding hydrogens is 299 g/mol. The molecule has 0 radical (unpaired) electrons. The number of rotatable bonds is 4. The highest BCUT2D eigenvalue weighted by molar-refractivity contribution is 5.53. The molecule has 0 saturated carbocycles. The van der Waals surface area contributed by atoms with Gasteiger partial charge in [-0.05, 0) is 47.4 Å². The van der Waals surface area contributed by atoms with Crippen molar-refractivity contribution in [2.24, 2.45) is 0 Å². The fourth-order valence-corrected chi connectivity index (χ4v) is 2.74. The van der Waals surface area contributed by atoms with Crippen LogP contribution >= 0.6 is 0 Å². The van der Waals surface area contributed by atoms with Gasteiger partial charge in [0.2, 0.25) is 0 Å². The summed E-state index contributed by atoms with van der Waals surface area (Å²) in [7, 11) is 0. The van der Waals surface area contributed by atoms with E-state index in [1.54, 1.807) is 12.1 Å². The second-order valence-electron chi connectivity index (χ2n) is 5.96. The zero-order valence-corrected chi connectivity index (χ0v) is 13.5. The van der Waals surface area contributed by atoms with E-state index in [9.17, 15) is 4.39 Å². The molecule has 0 unspecified atom stereocenters. The Hall–Kier alpha value is -2.70. The van der Waals surface area contributed by atoms with Gasteiger partial charge in [0.15, 0.2) is 0 Å². The number of hydrogen-bond donors (Lipinski definition) is 0. The lowest BCUT2D eigenvalue weighted by molar-refractivity contribution is 0.287. The van der Waals surface area contributed by atoms with Crippen molar-refractivity contribution < 1.29 is 4.39 Å². The van der Waals surface area contributed by atoms with E-state index in [0.29, 0.717) is 5.56 Å². The van der Waals surface area contributed by atoms with Gasteiger partial charge in [-0.25, -0.2) is 4.39 Å². The van der Waals surface area contributed by atoms with Crippen LogP contribution in [0.15, 0.2) is 66.3 Å². The highest BCUT2D eigenvalue weighted by Crippen LogP contribution is 2.16. The molecule has 1 heterocycles. The number of benzene rings is 2. The van der Waals surface area contributed by atoms with Crippen LogP contribution in [0, 0.1) is 17.1 Å². The molecular formula is C21H19FN2. The molecule has 1 aliphatic rings. The molecule has 0 fully saturated rings. The van der Waals surface area contributed by atoms with Crippen molar-refractivity contribution in [2.75, 3.05) is 13.1 Å². The normalized spacial score (nSPS) is 15.2. The predicted octanol–water partition coefficient (Wildman–Crippen LogP) is 4.54. The molecule has 0 saturated heterocycles. The Morgan fingerprint density at radius 2 is 1.79 bits per heavy atom. The summed E-state index contributed by atoms with van der Waals surface area (Å²) in [6.45, 7) is 2.83. The van der Waals surface area contributed by atoms with Crippen LogP contribution in [0.5, 0.6) is 0 Å². The van der Waals surface area contributed by atoms with Crippen molar-refractivity contribution in [3.8, 4) is 6.07 Å². The first-order chi connectivity index (χ1) is 11.7. The summed E-state index contributed by atoms with van der Waals surface area (Å²) in [5, 5.41) is 8.83. The van der Waals surface area contributed by atoms with Crippen LogP contribution in [0.3, 0.4) is 0 Å². The van der Waals surface area contributed by atoms with Crippen LogP contribution in [-0.4, -0.2) is 18.0 Å². The number of halogens is 1. The molecule has 0 amide bonds. The molecule has 0 aromatic heterocycles. The lowest BCUT2D eigenvalue weighted by Crippen LogP contribution is -2.28. The minimum absolute atomic E-state index is 0.206. The summed E-state index contributed by atoms with van der Waals surface area (Å²) in [6.07, 6.45) is 7.40. The minimum atomic E-state index is -0.206. The monoisotopic (exact) mass is 318 g/mol. The Labute approximate surface area is 142 Å². The summed E-state index contributed by atoms with van der Waals surface area (Å²) < 4.78 is 12.9. The highest BCUT2D eigenvalue weighted by atomic mass is 19.1. The van der Waals surface area contributed by atoms with E-state index in [4.69, 9.17) is 5.26 Å². The first-order valence-electron chi connectivity index (χ1n) is 8.07. The molecule has 2 aromatic carbocycles. The lowest BCUT2D eigenvalue weighted by atomic mass is 10.1. The SMILES string of the molecule is N#Cc1ccc(CN2CC=C(/C=C/c3ccc(F)cc3)CC2)cc1. The van der Waals surface area contributed by atoms with Crippen molar-refractivity contribution in [1.29, 1.82) is 5.26 Å². The smallest absolute Gasteiger partial charge is 0.123 e. The summed E-state index contributed by atoms with van der Waals surface area (Å²) in [4.78, 5) is 2.39. The van der Waals surface area contributed by atoms with Gasteiger partial charge in [0.05, 0.1) is 11.6 Å². The van der Waals surface area contributed by atoms with Gasteiger partial charge in [-0.15, -0.1) is 0 Å². The molecule has 1 aliphatic heterocycles. The topological polar surface area (TPSA) is 27.0 Å². The van der Waals surface area contributed by atoms with Gasteiger partial charge in [0.25, 0.3) is 0 Å². The molecule has 0 spiro atoms. The average molecular weight is 318 g/mol. The van der Waals surface area contributed by atoms with Crippen LogP contribution in [-0.2, 0) is 6.54 Å². The number of hydrogen-bond acceptors (Lipinski definition) is 2. The Bertz CT molecular complexity index is 780. The quantitative estimate of drug-likeness (QED) is 0.827. The second-order valence-corrected chi connectivity index (χ2v) is 5.96. The standard InChI is InChI=1S/C21H19FN2/c22-21-9-7-17(8-10-21)1-2-18-11-13-24(14-12-18)16-20-5-3-19(15-23)4-6-20/h1-11H,12-14,16H2/b2-1+. The zero-order chi connectivity index (χ0) is 16.8. The Morgan fingerprint density at radius 1 is 1.04 bits per heavy atom. The van der Waals surface area contributed by atoms with E-state index in [2.05, 4.69) is 23.1 Å². The van der Waals surface area contributed by atoms with E-state index in [1.165, 1.54) is 23.3 Å². The van der Waals surface area contributed by atoms with E-state index in [0.717, 1.165) is 31.6 Å². The molecule has 3 heteroatoms. The van der Waals surface area contributed by atoms with Gasteiger partial charge < -0.3 is 0 Å². The maximum Gasteiger partial charge on any atom is 0.123 e. The summed E-state index contributed by atoms with van der Waals surface area (Å²) in [5.74, 6) is -0.206. The highest BCUT2D eigenvalue weighted by Gasteiger charge is 2.10. The predicted molar refractivity (Wildman–Crippen MR) is 94.6 cm³/mol. The first kappa shape index (κ1) is 16.2. The third kappa shape index (κ3) is 4.41. The summed E-state index contributed by atoms with van der Waals surface area (Å²) in [6, 6.07) is 16.4. The summed E-state index contributed by atoms with van der Waals surface area (Å²) in [5.41, 5.74) is 4.26. The van der Waals surface area contributed by atoms with Crippen molar-refractivity contribution in [1.82, 2.24) is 4.90 Å². The molecule has 24 heavy (non-hydrogen) atoms. The molecule has 3 rings (SSSR count). The van der Waals surface area contributed by atoms with Crippen molar-refractivity contribution in [3.63, 3.8) is 0 Å². The minimum Gasteiger partial charge on any atom is -0.295 e. The Kier molecular flexibility index (Phi) is 5.20. The van der Waals surface area contributed by atoms with E-state index in [-0.39, 0.29) is 5.82 Å². The maximum atomic E-state index is 12.9. The summed E-state index contributed by atoms with van der Waals surface area (Å²) >= 11 is 0. The van der Waals surface area contributed by atoms with Crippen molar-refractivity contribution in [3.05, 3.63) is 88.8 Å². The third-order valence-corrected chi connectivity index (χ3v) is 4.18. The van der Waals surface area contributed by atoms with E-state index in [1.807, 2.05) is 30.3 Å². The fraction of sp³-hybridized carbons (Fsp3) is 0.190. The number of nitriles is 1.